The van der Waals surface area contributed by atoms with Gasteiger partial charge in [-0.2, -0.15) is 0 Å². The van der Waals surface area contributed by atoms with E-state index in [0.29, 0.717) is 0 Å². The molecule has 0 atom stereocenters. The van der Waals surface area contributed by atoms with Gasteiger partial charge in [-0.3, -0.25) is 0 Å². The van der Waals surface area contributed by atoms with Crippen molar-refractivity contribution in [3.63, 3.8) is 0 Å². The molecule has 92 valence electrons. The third kappa shape index (κ3) is 13.9. The normalized spacial score (nSPS) is 10.8. The molecule has 0 fully saturated rings. The highest BCUT2D eigenvalue weighted by atomic mass is 14.9. The van der Waals surface area contributed by atoms with Crippen molar-refractivity contribution in [2.75, 3.05) is 32.7 Å². The number of nitrogens with one attached hydrogen (secondary N) is 2. The maximum Gasteiger partial charge on any atom is -0.00368 e. The Labute approximate surface area is 95.2 Å². The fraction of sp³-hybridized carbons (Fsp3) is 1.00. The first-order valence-electron chi connectivity index (χ1n) is 6.53. The third-order valence-electron chi connectivity index (χ3n) is 2.47. The summed E-state index contributed by atoms with van der Waals surface area (Å²) in [5, 5.41) is 6.89. The van der Waals surface area contributed by atoms with Crippen LogP contribution in [0.25, 0.3) is 0 Å². The maximum atomic E-state index is 5.41. The lowest BCUT2D eigenvalue weighted by Gasteiger charge is -2.05. The summed E-state index contributed by atoms with van der Waals surface area (Å²) in [5.74, 6) is 0. The second-order valence-electron chi connectivity index (χ2n) is 4.06. The van der Waals surface area contributed by atoms with E-state index < -0.39 is 0 Å². The number of unbranched alkanes of at least 4 members (excludes halogenated alkanes) is 3. The molecular weight excluding hydrogens is 186 g/mol. The Kier molecular flexibility index (Phi) is 13.8. The molecule has 0 aromatic rings. The van der Waals surface area contributed by atoms with E-state index in [4.69, 9.17) is 5.73 Å². The Bertz CT molecular complexity index is 95.0. The molecule has 4 N–H and O–H groups in total. The molecule has 0 spiro atoms. The summed E-state index contributed by atoms with van der Waals surface area (Å²) in [4.78, 5) is 0. The van der Waals surface area contributed by atoms with Crippen molar-refractivity contribution in [2.24, 2.45) is 5.73 Å². The van der Waals surface area contributed by atoms with Crippen LogP contribution in [0.5, 0.6) is 0 Å². The molecule has 0 rings (SSSR count). The minimum atomic E-state index is 0.820. The molecular formula is C12H29N3. The highest BCUT2D eigenvalue weighted by Crippen LogP contribution is 1.90. The molecule has 0 bridgehead atoms. The van der Waals surface area contributed by atoms with Gasteiger partial charge in [-0.1, -0.05) is 19.8 Å². The Hall–Kier alpha value is -0.120. The highest BCUT2D eigenvalue weighted by molar-refractivity contribution is 4.53. The average molecular weight is 215 g/mol. The molecule has 0 aliphatic carbocycles. The predicted octanol–water partition coefficient (Wildman–Crippen LogP) is 1.48. The molecule has 0 aliphatic rings. The van der Waals surface area contributed by atoms with Gasteiger partial charge in [0.25, 0.3) is 0 Å². The lowest BCUT2D eigenvalue weighted by Crippen LogP contribution is -2.23. The molecule has 0 aromatic heterocycles. The van der Waals surface area contributed by atoms with E-state index >= 15 is 0 Å². The first-order valence-corrected chi connectivity index (χ1v) is 6.53. The van der Waals surface area contributed by atoms with Crippen LogP contribution in [0.3, 0.4) is 0 Å². The van der Waals surface area contributed by atoms with Crippen LogP contribution in [-0.2, 0) is 0 Å². The van der Waals surface area contributed by atoms with Gasteiger partial charge in [0.2, 0.25) is 0 Å². The van der Waals surface area contributed by atoms with Crippen molar-refractivity contribution >= 4 is 0 Å². The largest absolute Gasteiger partial charge is 0.330 e. The van der Waals surface area contributed by atoms with E-state index in [2.05, 4.69) is 17.6 Å². The Balaban J connectivity index is 2.81. The number of nitrogens with two attached hydrogens (primary N) is 1. The van der Waals surface area contributed by atoms with E-state index in [0.717, 1.165) is 32.6 Å². The minimum absolute atomic E-state index is 0.820. The van der Waals surface area contributed by atoms with Gasteiger partial charge in [0, 0.05) is 0 Å². The maximum absolute atomic E-state index is 5.41. The van der Waals surface area contributed by atoms with Gasteiger partial charge in [-0.05, 0) is 58.4 Å². The fourth-order valence-corrected chi connectivity index (χ4v) is 1.48. The third-order valence-corrected chi connectivity index (χ3v) is 2.47. The van der Waals surface area contributed by atoms with Gasteiger partial charge in [-0.15, -0.1) is 0 Å². The summed E-state index contributed by atoms with van der Waals surface area (Å²) in [6, 6.07) is 0. The molecule has 0 radical (unpaired) electrons. The van der Waals surface area contributed by atoms with Crippen LogP contribution < -0.4 is 16.4 Å². The first kappa shape index (κ1) is 14.9. The van der Waals surface area contributed by atoms with Gasteiger partial charge in [0.1, 0.15) is 0 Å². The smallest absolute Gasteiger partial charge is 0.00368 e. The van der Waals surface area contributed by atoms with Crippen LogP contribution in [0, 0.1) is 0 Å². The molecule has 0 aromatic carbocycles. The summed E-state index contributed by atoms with van der Waals surface area (Å²) in [7, 11) is 0. The van der Waals surface area contributed by atoms with E-state index in [1.165, 1.54) is 38.6 Å². The molecule has 3 heteroatoms. The SMILES string of the molecule is CCCCCNCCCNCCCCN. The quantitative estimate of drug-likeness (QED) is 0.432. The summed E-state index contributed by atoms with van der Waals surface area (Å²) >= 11 is 0. The monoisotopic (exact) mass is 215 g/mol. The van der Waals surface area contributed by atoms with E-state index in [9.17, 15) is 0 Å². The van der Waals surface area contributed by atoms with Gasteiger partial charge in [0.15, 0.2) is 0 Å². The van der Waals surface area contributed by atoms with E-state index in [1.807, 2.05) is 0 Å². The molecule has 15 heavy (non-hydrogen) atoms. The second kappa shape index (κ2) is 13.9. The fourth-order valence-electron chi connectivity index (χ4n) is 1.48. The van der Waals surface area contributed by atoms with Gasteiger partial charge >= 0.3 is 0 Å². The second-order valence-corrected chi connectivity index (χ2v) is 4.06. The zero-order valence-electron chi connectivity index (χ0n) is 10.4. The first-order chi connectivity index (χ1) is 7.41. The van der Waals surface area contributed by atoms with Crippen LogP contribution in [0.15, 0.2) is 0 Å². The average Bonchev–Trinajstić information content (AvgIpc) is 2.26. The molecule has 0 heterocycles. The van der Waals surface area contributed by atoms with Crippen molar-refractivity contribution in [1.29, 1.82) is 0 Å². The molecule has 0 amide bonds. The van der Waals surface area contributed by atoms with Crippen molar-refractivity contribution < 1.29 is 0 Å². The molecule has 0 aliphatic heterocycles. The number of hydrogen-bond donors (Lipinski definition) is 3. The standard InChI is InChI=1S/C12H29N3/c1-2-3-5-9-14-11-7-12-15-10-6-4-8-13/h14-15H,2-13H2,1H3. The summed E-state index contributed by atoms with van der Waals surface area (Å²) in [6.07, 6.45) is 7.56. The van der Waals surface area contributed by atoms with Gasteiger partial charge in [0.05, 0.1) is 0 Å². The Morgan fingerprint density at radius 1 is 0.733 bits per heavy atom. The lowest BCUT2D eigenvalue weighted by molar-refractivity contribution is 0.562. The molecule has 0 unspecified atom stereocenters. The van der Waals surface area contributed by atoms with Crippen molar-refractivity contribution in [2.45, 2.75) is 45.4 Å². The Morgan fingerprint density at radius 3 is 1.80 bits per heavy atom. The van der Waals surface area contributed by atoms with Crippen LogP contribution >= 0.6 is 0 Å². The Morgan fingerprint density at radius 2 is 1.27 bits per heavy atom. The summed E-state index contributed by atoms with van der Waals surface area (Å²) in [6.45, 7) is 7.64. The van der Waals surface area contributed by atoms with Crippen molar-refractivity contribution in [1.82, 2.24) is 10.6 Å². The van der Waals surface area contributed by atoms with E-state index in [-0.39, 0.29) is 0 Å². The van der Waals surface area contributed by atoms with Crippen molar-refractivity contribution in [3.05, 3.63) is 0 Å². The van der Waals surface area contributed by atoms with Gasteiger partial charge in [-0.25, -0.2) is 0 Å². The summed E-state index contributed by atoms with van der Waals surface area (Å²) < 4.78 is 0. The van der Waals surface area contributed by atoms with Crippen LogP contribution in [0.2, 0.25) is 0 Å². The van der Waals surface area contributed by atoms with Crippen LogP contribution in [0.4, 0.5) is 0 Å². The van der Waals surface area contributed by atoms with Crippen molar-refractivity contribution in [3.8, 4) is 0 Å². The molecule has 0 saturated carbocycles. The van der Waals surface area contributed by atoms with Crippen LogP contribution in [0.1, 0.15) is 45.4 Å². The topological polar surface area (TPSA) is 50.1 Å². The lowest BCUT2D eigenvalue weighted by atomic mass is 10.2. The number of rotatable bonds is 12. The zero-order chi connectivity index (χ0) is 11.2. The van der Waals surface area contributed by atoms with Crippen LogP contribution in [-0.4, -0.2) is 32.7 Å². The molecule has 0 saturated heterocycles. The summed E-state index contributed by atoms with van der Waals surface area (Å²) in [5.41, 5.74) is 5.41. The van der Waals surface area contributed by atoms with E-state index in [1.54, 1.807) is 0 Å². The van der Waals surface area contributed by atoms with Gasteiger partial charge < -0.3 is 16.4 Å². The molecule has 3 nitrogen and oxygen atoms in total. The minimum Gasteiger partial charge on any atom is -0.330 e. The zero-order valence-corrected chi connectivity index (χ0v) is 10.4. The predicted molar refractivity (Wildman–Crippen MR) is 68.2 cm³/mol. The highest BCUT2D eigenvalue weighted by Gasteiger charge is 1.89. The number of hydrogen-bond acceptors (Lipinski definition) is 3.